The Labute approximate surface area is 188 Å². The first-order valence-corrected chi connectivity index (χ1v) is 11.3. The number of H-pyrrole nitrogens is 1. The van der Waals surface area contributed by atoms with E-state index in [1.165, 1.54) is 11.1 Å². The smallest absolute Gasteiger partial charge is 0.247 e. The Hall–Kier alpha value is -3.32. The molecule has 1 aromatic carbocycles. The number of aromatic nitrogens is 2. The maximum absolute atomic E-state index is 11.3. The standard InChI is InChI=1S/C25H32N6O/c26-22-14-21(24(27)25(28)31-22)20(17-4-2-1-3-5-17)12-13-29-19-9-6-16(7-10-19)18-8-11-23(32)30-15-18/h1-5,8,11,14-16,19-20,29H,6-7,9-10,12-13,27H2,(H,30,32)(H4,26,28,31)/t16-,19+,20?. The summed E-state index contributed by atoms with van der Waals surface area (Å²) in [6.07, 6.45) is 7.24. The third kappa shape index (κ3) is 5.11. The molecule has 7 nitrogen and oxygen atoms in total. The lowest BCUT2D eigenvalue weighted by Crippen LogP contribution is -2.34. The zero-order chi connectivity index (χ0) is 22.5. The molecule has 1 unspecified atom stereocenters. The number of hydrogen-bond donors (Lipinski definition) is 5. The second-order valence-corrected chi connectivity index (χ2v) is 8.68. The molecule has 0 amide bonds. The van der Waals surface area contributed by atoms with Crippen molar-refractivity contribution in [1.82, 2.24) is 15.3 Å². The van der Waals surface area contributed by atoms with Crippen molar-refractivity contribution in [2.75, 3.05) is 23.7 Å². The molecule has 0 aliphatic heterocycles. The molecule has 32 heavy (non-hydrogen) atoms. The largest absolute Gasteiger partial charge is 0.396 e. The van der Waals surface area contributed by atoms with Gasteiger partial charge < -0.3 is 27.5 Å². The van der Waals surface area contributed by atoms with Gasteiger partial charge in [-0.2, -0.15) is 0 Å². The first-order valence-electron chi connectivity index (χ1n) is 11.3. The Morgan fingerprint density at radius 3 is 2.47 bits per heavy atom. The van der Waals surface area contributed by atoms with E-state index in [1.807, 2.05) is 36.5 Å². The monoisotopic (exact) mass is 432 g/mol. The van der Waals surface area contributed by atoms with Crippen LogP contribution in [0.3, 0.4) is 0 Å². The molecule has 1 saturated carbocycles. The molecule has 2 heterocycles. The first-order chi connectivity index (χ1) is 15.5. The number of anilines is 3. The highest BCUT2D eigenvalue weighted by atomic mass is 16.1. The third-order valence-electron chi connectivity index (χ3n) is 6.59. The van der Waals surface area contributed by atoms with Crippen molar-refractivity contribution in [3.05, 3.63) is 81.8 Å². The normalized spacial score (nSPS) is 19.5. The van der Waals surface area contributed by atoms with E-state index >= 15 is 0 Å². The van der Waals surface area contributed by atoms with Crippen LogP contribution in [0, 0.1) is 0 Å². The molecule has 2 aromatic heterocycles. The van der Waals surface area contributed by atoms with Crippen LogP contribution in [0.2, 0.25) is 0 Å². The number of nitrogen functional groups attached to an aromatic ring is 3. The van der Waals surface area contributed by atoms with Gasteiger partial charge >= 0.3 is 0 Å². The van der Waals surface area contributed by atoms with Gasteiger partial charge in [-0.05, 0) is 67.3 Å². The van der Waals surface area contributed by atoms with E-state index in [-0.39, 0.29) is 17.3 Å². The van der Waals surface area contributed by atoms with Crippen molar-refractivity contribution in [3.8, 4) is 0 Å². The lowest BCUT2D eigenvalue weighted by atomic mass is 9.82. The summed E-state index contributed by atoms with van der Waals surface area (Å²) in [5.74, 6) is 1.29. The molecule has 1 fully saturated rings. The quantitative estimate of drug-likeness (QED) is 0.388. The van der Waals surface area contributed by atoms with Crippen LogP contribution in [0.15, 0.2) is 59.5 Å². The lowest BCUT2D eigenvalue weighted by molar-refractivity contribution is 0.340. The molecule has 0 bridgehead atoms. The summed E-state index contributed by atoms with van der Waals surface area (Å²) in [4.78, 5) is 18.2. The van der Waals surface area contributed by atoms with Crippen LogP contribution in [-0.4, -0.2) is 22.6 Å². The van der Waals surface area contributed by atoms with Gasteiger partial charge in [0, 0.05) is 24.2 Å². The van der Waals surface area contributed by atoms with Crippen LogP contribution in [0.4, 0.5) is 17.3 Å². The lowest BCUT2D eigenvalue weighted by Gasteiger charge is -2.30. The van der Waals surface area contributed by atoms with Gasteiger partial charge in [-0.25, -0.2) is 4.98 Å². The first kappa shape index (κ1) is 21.9. The Morgan fingerprint density at radius 1 is 1.03 bits per heavy atom. The molecule has 0 spiro atoms. The number of nitrogens with one attached hydrogen (secondary N) is 2. The molecule has 168 valence electrons. The van der Waals surface area contributed by atoms with Gasteiger partial charge in [-0.15, -0.1) is 0 Å². The number of benzene rings is 1. The second-order valence-electron chi connectivity index (χ2n) is 8.68. The molecule has 0 saturated heterocycles. The van der Waals surface area contributed by atoms with Crippen LogP contribution >= 0.6 is 0 Å². The summed E-state index contributed by atoms with van der Waals surface area (Å²) in [6.45, 7) is 0.870. The number of aromatic amines is 1. The van der Waals surface area contributed by atoms with Crippen molar-refractivity contribution in [2.45, 2.75) is 50.0 Å². The molecule has 7 heteroatoms. The number of pyridine rings is 2. The predicted octanol–water partition coefficient (Wildman–Crippen LogP) is 3.35. The Morgan fingerprint density at radius 2 is 1.78 bits per heavy atom. The average Bonchev–Trinajstić information content (AvgIpc) is 2.81. The number of nitrogens with two attached hydrogens (primary N) is 3. The summed E-state index contributed by atoms with van der Waals surface area (Å²) < 4.78 is 0. The van der Waals surface area contributed by atoms with E-state index in [1.54, 1.807) is 6.07 Å². The minimum absolute atomic E-state index is 0.0459. The van der Waals surface area contributed by atoms with Gasteiger partial charge in [0.15, 0.2) is 0 Å². The van der Waals surface area contributed by atoms with Crippen LogP contribution in [0.1, 0.15) is 60.6 Å². The van der Waals surface area contributed by atoms with Gasteiger partial charge in [0.25, 0.3) is 0 Å². The minimum atomic E-state index is -0.0459. The molecule has 8 N–H and O–H groups in total. The highest BCUT2D eigenvalue weighted by molar-refractivity contribution is 5.68. The van der Waals surface area contributed by atoms with E-state index in [4.69, 9.17) is 17.2 Å². The fraction of sp³-hybridized carbons (Fsp3) is 0.360. The fourth-order valence-electron chi connectivity index (χ4n) is 4.83. The Balaban J connectivity index is 1.38. The van der Waals surface area contributed by atoms with Crippen molar-refractivity contribution >= 4 is 17.3 Å². The summed E-state index contributed by atoms with van der Waals surface area (Å²) in [5, 5.41) is 3.74. The molecule has 1 aliphatic carbocycles. The van der Waals surface area contributed by atoms with Crippen molar-refractivity contribution in [3.63, 3.8) is 0 Å². The number of hydrogen-bond acceptors (Lipinski definition) is 6. The van der Waals surface area contributed by atoms with Gasteiger partial charge in [-0.1, -0.05) is 36.4 Å². The highest BCUT2D eigenvalue weighted by Gasteiger charge is 2.24. The Kier molecular flexibility index (Phi) is 6.75. The van der Waals surface area contributed by atoms with E-state index < -0.39 is 0 Å². The Bertz CT molecular complexity index is 1070. The molecule has 1 aliphatic rings. The minimum Gasteiger partial charge on any atom is -0.396 e. The number of rotatable bonds is 7. The summed E-state index contributed by atoms with van der Waals surface area (Å²) in [7, 11) is 0. The molecular formula is C25H32N6O. The number of nitrogens with zero attached hydrogens (tertiary/aromatic N) is 1. The van der Waals surface area contributed by atoms with Gasteiger partial charge in [-0.3, -0.25) is 4.79 Å². The fourth-order valence-corrected chi connectivity index (χ4v) is 4.83. The topological polar surface area (TPSA) is 136 Å². The van der Waals surface area contributed by atoms with Crippen LogP contribution in [-0.2, 0) is 0 Å². The molecule has 4 rings (SSSR count). The van der Waals surface area contributed by atoms with Gasteiger partial charge in [0.05, 0.1) is 5.69 Å². The SMILES string of the molecule is Nc1cc(C(CCN[C@H]2CC[C@@H](c3ccc(=O)[nH]c3)CC2)c2ccccc2)c(N)c(N)n1. The maximum atomic E-state index is 11.3. The van der Waals surface area contributed by atoms with Crippen LogP contribution in [0.5, 0.6) is 0 Å². The predicted molar refractivity (Wildman–Crippen MR) is 130 cm³/mol. The zero-order valence-electron chi connectivity index (χ0n) is 18.3. The summed E-state index contributed by atoms with van der Waals surface area (Å²) >= 11 is 0. The van der Waals surface area contributed by atoms with Crippen molar-refractivity contribution in [1.29, 1.82) is 0 Å². The van der Waals surface area contributed by atoms with E-state index in [0.717, 1.165) is 44.2 Å². The van der Waals surface area contributed by atoms with Crippen molar-refractivity contribution in [2.24, 2.45) is 0 Å². The summed E-state index contributed by atoms with van der Waals surface area (Å²) in [6, 6.07) is 16.2. The van der Waals surface area contributed by atoms with E-state index in [2.05, 4.69) is 27.4 Å². The second kappa shape index (κ2) is 9.87. The molecular weight excluding hydrogens is 400 g/mol. The van der Waals surface area contributed by atoms with Crippen molar-refractivity contribution < 1.29 is 0 Å². The van der Waals surface area contributed by atoms with Crippen LogP contribution < -0.4 is 28.1 Å². The molecule has 3 aromatic rings. The maximum Gasteiger partial charge on any atom is 0.247 e. The van der Waals surface area contributed by atoms with E-state index in [9.17, 15) is 4.79 Å². The summed E-state index contributed by atoms with van der Waals surface area (Å²) in [5.41, 5.74) is 22.1. The molecule has 0 radical (unpaired) electrons. The van der Waals surface area contributed by atoms with Gasteiger partial charge in [0.2, 0.25) is 5.56 Å². The highest BCUT2D eigenvalue weighted by Crippen LogP contribution is 2.35. The average molecular weight is 433 g/mol. The van der Waals surface area contributed by atoms with E-state index in [0.29, 0.717) is 23.5 Å². The van der Waals surface area contributed by atoms with Gasteiger partial charge in [0.1, 0.15) is 11.6 Å². The third-order valence-corrected chi connectivity index (χ3v) is 6.59. The zero-order valence-corrected chi connectivity index (χ0v) is 18.3. The molecule has 1 atom stereocenters. The van der Waals surface area contributed by atoms with Crippen LogP contribution in [0.25, 0.3) is 0 Å².